The van der Waals surface area contributed by atoms with E-state index in [-0.39, 0.29) is 10.5 Å². The van der Waals surface area contributed by atoms with Crippen molar-refractivity contribution < 1.29 is 13.2 Å². The van der Waals surface area contributed by atoms with E-state index in [1.807, 2.05) is 0 Å². The van der Waals surface area contributed by atoms with Gasteiger partial charge in [-0.05, 0) is 55.7 Å². The van der Waals surface area contributed by atoms with Crippen molar-refractivity contribution in [3.8, 4) is 0 Å². The first-order chi connectivity index (χ1) is 9.84. The number of fused-ring (bicyclic) bond motifs is 2. The van der Waals surface area contributed by atoms with Crippen LogP contribution in [0.2, 0.25) is 0 Å². The summed E-state index contributed by atoms with van der Waals surface area (Å²) in [5.74, 6) is 1.76. The van der Waals surface area contributed by atoms with Crippen molar-refractivity contribution in [2.75, 3.05) is 5.32 Å². The Morgan fingerprint density at radius 2 is 2.00 bits per heavy atom. The standard InChI is InChI=1S/C16H17BrF3N/c1-9(13-7-10-2-3-11(13)6-10)21-12-4-5-15(17)14(8-12)16(18,19)20/h2-5,8-11,13,21H,6-7H2,1H3. The monoisotopic (exact) mass is 359 g/mol. The van der Waals surface area contributed by atoms with Gasteiger partial charge in [0, 0.05) is 16.2 Å². The molecule has 0 spiro atoms. The van der Waals surface area contributed by atoms with Crippen LogP contribution in [0.15, 0.2) is 34.8 Å². The second-order valence-corrected chi connectivity index (χ2v) is 6.92. The number of alkyl halides is 3. The summed E-state index contributed by atoms with van der Waals surface area (Å²) in [5.41, 5.74) is -0.0997. The molecule has 1 saturated carbocycles. The number of rotatable bonds is 3. The van der Waals surface area contributed by atoms with Gasteiger partial charge in [0.15, 0.2) is 0 Å². The van der Waals surface area contributed by atoms with Crippen molar-refractivity contribution in [1.82, 2.24) is 0 Å². The molecule has 3 rings (SSSR count). The summed E-state index contributed by atoms with van der Waals surface area (Å²) in [6.07, 6.45) is 2.53. The second-order valence-electron chi connectivity index (χ2n) is 6.07. The number of anilines is 1. The lowest BCUT2D eigenvalue weighted by Crippen LogP contribution is -2.28. The molecular formula is C16H17BrF3N. The molecule has 114 valence electrons. The van der Waals surface area contributed by atoms with Crippen LogP contribution in [0.4, 0.5) is 18.9 Å². The van der Waals surface area contributed by atoms with Gasteiger partial charge in [0.25, 0.3) is 0 Å². The molecule has 2 aliphatic carbocycles. The topological polar surface area (TPSA) is 12.0 Å². The Hall–Kier alpha value is -0.970. The van der Waals surface area contributed by atoms with Crippen molar-refractivity contribution >= 4 is 21.6 Å². The number of benzene rings is 1. The lowest BCUT2D eigenvalue weighted by molar-refractivity contribution is -0.138. The van der Waals surface area contributed by atoms with Crippen LogP contribution < -0.4 is 5.32 Å². The van der Waals surface area contributed by atoms with Gasteiger partial charge in [-0.15, -0.1) is 0 Å². The van der Waals surface area contributed by atoms with E-state index in [2.05, 4.69) is 40.3 Å². The van der Waals surface area contributed by atoms with Crippen LogP contribution in [-0.2, 0) is 6.18 Å². The molecule has 1 aromatic rings. The Morgan fingerprint density at radius 3 is 2.57 bits per heavy atom. The van der Waals surface area contributed by atoms with Gasteiger partial charge in [0.2, 0.25) is 0 Å². The number of hydrogen-bond acceptors (Lipinski definition) is 1. The molecular weight excluding hydrogens is 343 g/mol. The highest BCUT2D eigenvalue weighted by molar-refractivity contribution is 9.10. The van der Waals surface area contributed by atoms with Crippen molar-refractivity contribution in [2.24, 2.45) is 17.8 Å². The third kappa shape index (κ3) is 2.98. The first-order valence-corrected chi connectivity index (χ1v) is 7.95. The zero-order valence-corrected chi connectivity index (χ0v) is 13.2. The Kier molecular flexibility index (Phi) is 3.80. The van der Waals surface area contributed by atoms with Crippen LogP contribution >= 0.6 is 15.9 Å². The lowest BCUT2D eigenvalue weighted by Gasteiger charge is -2.27. The molecule has 0 aromatic heterocycles. The van der Waals surface area contributed by atoms with Gasteiger partial charge in [0.05, 0.1) is 5.56 Å². The minimum Gasteiger partial charge on any atom is -0.382 e. The molecule has 21 heavy (non-hydrogen) atoms. The van der Waals surface area contributed by atoms with Crippen LogP contribution in [-0.4, -0.2) is 6.04 Å². The van der Waals surface area contributed by atoms with E-state index in [0.717, 1.165) is 6.42 Å². The largest absolute Gasteiger partial charge is 0.417 e. The first kappa shape index (κ1) is 14.9. The molecule has 0 radical (unpaired) electrons. The highest BCUT2D eigenvalue weighted by atomic mass is 79.9. The minimum atomic E-state index is -4.34. The van der Waals surface area contributed by atoms with Crippen LogP contribution in [0.3, 0.4) is 0 Å². The third-order valence-corrected chi connectivity index (χ3v) is 5.33. The van der Waals surface area contributed by atoms with E-state index in [1.165, 1.54) is 18.6 Å². The summed E-state index contributed by atoms with van der Waals surface area (Å²) in [7, 11) is 0. The van der Waals surface area contributed by atoms with Crippen LogP contribution in [0.25, 0.3) is 0 Å². The molecule has 1 N–H and O–H groups in total. The minimum absolute atomic E-state index is 0.0797. The van der Waals surface area contributed by atoms with E-state index >= 15 is 0 Å². The molecule has 2 aliphatic rings. The third-order valence-electron chi connectivity index (χ3n) is 4.64. The molecule has 0 amide bonds. The van der Waals surface area contributed by atoms with E-state index in [0.29, 0.717) is 23.4 Å². The maximum atomic E-state index is 12.9. The van der Waals surface area contributed by atoms with Crippen molar-refractivity contribution in [2.45, 2.75) is 32.0 Å². The van der Waals surface area contributed by atoms with Gasteiger partial charge in [-0.25, -0.2) is 0 Å². The number of halogens is 4. The molecule has 4 atom stereocenters. The number of hydrogen-bond donors (Lipinski definition) is 1. The summed E-state index contributed by atoms with van der Waals surface area (Å²) in [4.78, 5) is 0. The maximum Gasteiger partial charge on any atom is 0.417 e. The average molecular weight is 360 g/mol. The Balaban J connectivity index is 1.74. The fourth-order valence-corrected chi connectivity index (χ4v) is 4.07. The molecule has 0 saturated heterocycles. The SMILES string of the molecule is CC(Nc1ccc(Br)c(C(F)(F)F)c1)C1CC2C=CC1C2. The van der Waals surface area contributed by atoms with Crippen molar-refractivity contribution in [1.29, 1.82) is 0 Å². The highest BCUT2D eigenvalue weighted by Crippen LogP contribution is 2.45. The fraction of sp³-hybridized carbons (Fsp3) is 0.500. The summed E-state index contributed by atoms with van der Waals surface area (Å²) in [6.45, 7) is 2.06. The van der Waals surface area contributed by atoms with Crippen LogP contribution in [0, 0.1) is 17.8 Å². The summed E-state index contributed by atoms with van der Waals surface area (Å²) in [5, 5.41) is 3.25. The van der Waals surface area contributed by atoms with Gasteiger partial charge >= 0.3 is 6.18 Å². The zero-order valence-electron chi connectivity index (χ0n) is 11.6. The quantitative estimate of drug-likeness (QED) is 0.704. The molecule has 0 heterocycles. The maximum absolute atomic E-state index is 12.9. The van der Waals surface area contributed by atoms with E-state index in [9.17, 15) is 13.2 Å². The predicted molar refractivity (Wildman–Crippen MR) is 81.1 cm³/mol. The fourth-order valence-electron chi connectivity index (χ4n) is 3.60. The lowest BCUT2D eigenvalue weighted by atomic mass is 9.87. The predicted octanol–water partition coefficient (Wildman–Crippen LogP) is 5.48. The molecule has 2 bridgehead atoms. The molecule has 4 unspecified atom stereocenters. The van der Waals surface area contributed by atoms with Gasteiger partial charge in [-0.2, -0.15) is 13.2 Å². The Bertz CT molecular complexity index is 567. The second kappa shape index (κ2) is 5.34. The molecule has 1 aromatic carbocycles. The van der Waals surface area contributed by atoms with Crippen molar-refractivity contribution in [3.63, 3.8) is 0 Å². The van der Waals surface area contributed by atoms with E-state index in [1.54, 1.807) is 6.07 Å². The molecule has 1 fully saturated rings. The number of nitrogens with one attached hydrogen (secondary N) is 1. The van der Waals surface area contributed by atoms with Gasteiger partial charge < -0.3 is 5.32 Å². The highest BCUT2D eigenvalue weighted by Gasteiger charge is 2.38. The van der Waals surface area contributed by atoms with E-state index in [4.69, 9.17) is 0 Å². The van der Waals surface area contributed by atoms with Gasteiger partial charge in [-0.3, -0.25) is 0 Å². The molecule has 0 aliphatic heterocycles. The smallest absolute Gasteiger partial charge is 0.382 e. The molecule has 5 heteroatoms. The normalized spacial score (nSPS) is 28.9. The number of allylic oxidation sites excluding steroid dienone is 2. The first-order valence-electron chi connectivity index (χ1n) is 7.16. The Labute approximate surface area is 130 Å². The van der Waals surface area contributed by atoms with Crippen LogP contribution in [0.1, 0.15) is 25.3 Å². The summed E-state index contributed by atoms with van der Waals surface area (Å²) >= 11 is 2.97. The van der Waals surface area contributed by atoms with Gasteiger partial charge in [-0.1, -0.05) is 28.1 Å². The summed E-state index contributed by atoms with van der Waals surface area (Å²) < 4.78 is 38.8. The average Bonchev–Trinajstić information content (AvgIpc) is 3.02. The van der Waals surface area contributed by atoms with Crippen molar-refractivity contribution in [3.05, 3.63) is 40.4 Å². The molecule has 1 nitrogen and oxygen atoms in total. The van der Waals surface area contributed by atoms with Gasteiger partial charge in [0.1, 0.15) is 0 Å². The zero-order chi connectivity index (χ0) is 15.2. The van der Waals surface area contributed by atoms with E-state index < -0.39 is 11.7 Å². The van der Waals surface area contributed by atoms with Crippen LogP contribution in [0.5, 0.6) is 0 Å². The summed E-state index contributed by atoms with van der Waals surface area (Å²) in [6, 6.07) is 4.51. The Morgan fingerprint density at radius 1 is 1.24 bits per heavy atom.